The lowest BCUT2D eigenvalue weighted by molar-refractivity contribution is -0.395. The van der Waals surface area contributed by atoms with E-state index in [1.807, 2.05) is 0 Å². The van der Waals surface area contributed by atoms with Gasteiger partial charge in [0.15, 0.2) is 5.54 Å². The van der Waals surface area contributed by atoms with Crippen LogP contribution < -0.4 is 5.32 Å². The van der Waals surface area contributed by atoms with Crippen molar-refractivity contribution in [1.29, 1.82) is 0 Å². The van der Waals surface area contributed by atoms with E-state index in [0.29, 0.717) is 0 Å². The van der Waals surface area contributed by atoms with E-state index >= 15 is 0 Å². The van der Waals surface area contributed by atoms with E-state index in [1.165, 1.54) is 0 Å². The van der Waals surface area contributed by atoms with Crippen molar-refractivity contribution in [3.63, 3.8) is 0 Å². The Kier molecular flexibility index (Phi) is 3.55. The Morgan fingerprint density at radius 2 is 1.92 bits per heavy atom. The highest BCUT2D eigenvalue weighted by Gasteiger charge is 2.83. The molecule has 11 heteroatoms. The number of fused-ring (bicyclic) bond motifs is 1. The van der Waals surface area contributed by atoms with E-state index < -0.39 is 50.0 Å². The Balaban J connectivity index is 2.09. The number of esters is 2. The number of rotatable bonds is 4. The zero-order valence-electron chi connectivity index (χ0n) is 14.1. The van der Waals surface area contributed by atoms with Crippen LogP contribution in [0, 0.1) is 20.2 Å². The van der Waals surface area contributed by atoms with E-state index in [1.54, 1.807) is 20.8 Å². The minimum atomic E-state index is -1.77. The highest BCUT2D eigenvalue weighted by molar-refractivity contribution is 5.97. The molecule has 0 saturated carbocycles. The van der Waals surface area contributed by atoms with Crippen molar-refractivity contribution in [2.75, 3.05) is 0 Å². The first-order valence-electron chi connectivity index (χ1n) is 7.60. The first kappa shape index (κ1) is 17.7. The average Bonchev–Trinajstić information content (AvgIpc) is 3.04. The minimum absolute atomic E-state index is 0.148. The van der Waals surface area contributed by atoms with Crippen LogP contribution in [0.15, 0.2) is 18.2 Å². The van der Waals surface area contributed by atoms with Crippen LogP contribution in [-0.4, -0.2) is 32.9 Å². The lowest BCUT2D eigenvalue weighted by Crippen LogP contribution is -2.37. The van der Waals surface area contributed by atoms with Crippen LogP contribution in [0.3, 0.4) is 0 Å². The second-order valence-corrected chi connectivity index (χ2v) is 7.08. The number of non-ortho nitro benzene ring substituents is 1. The van der Waals surface area contributed by atoms with Crippen LogP contribution in [0.1, 0.15) is 32.8 Å². The molecule has 0 aliphatic carbocycles. The molecule has 0 bridgehead atoms. The summed E-state index contributed by atoms with van der Waals surface area (Å²) in [6.07, 6.45) is -0.365. The zero-order valence-corrected chi connectivity index (χ0v) is 14.1. The maximum Gasteiger partial charge on any atom is 0.333 e. The van der Waals surface area contributed by atoms with Crippen LogP contribution in [-0.2, 0) is 24.8 Å². The standard InChI is InChI=1S/C15H15N3O8/c1-13(2,3)26-12(20)14-7-11(19)25-15(14,16-14)9-5-4-8(17(21)22)6-10(9)18(23)24/h4-6,16H,7H2,1-3H3/t14-,15-/m0/s1. The van der Waals surface area contributed by atoms with Gasteiger partial charge in [-0.3, -0.25) is 30.3 Å². The van der Waals surface area contributed by atoms with Gasteiger partial charge in [0.1, 0.15) is 5.60 Å². The maximum absolute atomic E-state index is 12.6. The molecule has 26 heavy (non-hydrogen) atoms. The first-order valence-corrected chi connectivity index (χ1v) is 7.60. The molecule has 1 N–H and O–H groups in total. The Bertz CT molecular complexity index is 861. The number of nitro benzene ring substituents is 2. The molecule has 0 aromatic heterocycles. The van der Waals surface area contributed by atoms with Crippen LogP contribution in [0.25, 0.3) is 0 Å². The minimum Gasteiger partial charge on any atom is -0.458 e. The summed E-state index contributed by atoms with van der Waals surface area (Å²) in [5.41, 5.74) is -5.50. The lowest BCUT2D eigenvalue weighted by atomic mass is 9.93. The molecule has 0 spiro atoms. The smallest absolute Gasteiger partial charge is 0.333 e. The van der Waals surface area contributed by atoms with Crippen LogP contribution in [0.2, 0.25) is 0 Å². The van der Waals surface area contributed by atoms with E-state index in [9.17, 15) is 29.8 Å². The van der Waals surface area contributed by atoms with Gasteiger partial charge in [0.25, 0.3) is 11.4 Å². The summed E-state index contributed by atoms with van der Waals surface area (Å²) >= 11 is 0. The molecule has 1 aromatic carbocycles. The predicted octanol–water partition coefficient (Wildman–Crippen LogP) is 1.29. The third-order valence-electron chi connectivity index (χ3n) is 4.12. The summed E-state index contributed by atoms with van der Waals surface area (Å²) in [7, 11) is 0. The molecule has 11 nitrogen and oxygen atoms in total. The maximum atomic E-state index is 12.6. The number of hydrogen-bond donors (Lipinski definition) is 1. The second kappa shape index (κ2) is 5.21. The molecular weight excluding hydrogens is 350 g/mol. The fourth-order valence-electron chi connectivity index (χ4n) is 3.04. The van der Waals surface area contributed by atoms with E-state index in [0.717, 1.165) is 18.2 Å². The van der Waals surface area contributed by atoms with Gasteiger partial charge in [-0.2, -0.15) is 0 Å². The molecule has 2 atom stereocenters. The van der Waals surface area contributed by atoms with Gasteiger partial charge in [-0.15, -0.1) is 0 Å². The molecule has 138 valence electrons. The van der Waals surface area contributed by atoms with Crippen molar-refractivity contribution >= 4 is 23.3 Å². The highest BCUT2D eigenvalue weighted by atomic mass is 16.6. The van der Waals surface area contributed by atoms with Crippen LogP contribution >= 0.6 is 0 Å². The molecule has 2 aliphatic heterocycles. The number of ether oxygens (including phenoxy) is 2. The lowest BCUT2D eigenvalue weighted by Gasteiger charge is -2.22. The molecule has 1 aromatic rings. The van der Waals surface area contributed by atoms with E-state index in [4.69, 9.17) is 9.47 Å². The van der Waals surface area contributed by atoms with Crippen molar-refractivity contribution in [3.8, 4) is 0 Å². The van der Waals surface area contributed by atoms with Gasteiger partial charge < -0.3 is 9.47 Å². The number of nitrogens with zero attached hydrogens (tertiary/aromatic N) is 2. The SMILES string of the molecule is CC(C)(C)OC(=O)[C@@]12CC(=O)O[C@]1(c1ccc([N+](=O)[O-])cc1[N+](=O)[O-])N2. The van der Waals surface area contributed by atoms with E-state index in [2.05, 4.69) is 5.32 Å². The molecule has 0 amide bonds. The van der Waals surface area contributed by atoms with Gasteiger partial charge in [0.2, 0.25) is 5.72 Å². The Labute approximate surface area is 146 Å². The Morgan fingerprint density at radius 1 is 1.27 bits per heavy atom. The Hall–Kier alpha value is -3.08. The van der Waals surface area contributed by atoms with Gasteiger partial charge in [0, 0.05) is 6.07 Å². The molecule has 2 heterocycles. The number of hydrogen-bond acceptors (Lipinski definition) is 9. The number of benzene rings is 1. The number of nitro groups is 2. The monoisotopic (exact) mass is 365 g/mol. The van der Waals surface area contributed by atoms with Crippen LogP contribution in [0.5, 0.6) is 0 Å². The van der Waals surface area contributed by atoms with Crippen molar-refractivity contribution in [2.24, 2.45) is 0 Å². The summed E-state index contributed by atoms with van der Waals surface area (Å²) in [5.74, 6) is -1.52. The molecule has 0 radical (unpaired) electrons. The third-order valence-corrected chi connectivity index (χ3v) is 4.12. The summed E-state index contributed by atoms with van der Waals surface area (Å²) in [4.78, 5) is 45.1. The molecule has 3 rings (SSSR count). The zero-order chi connectivity index (χ0) is 19.5. The van der Waals surface area contributed by atoms with Crippen molar-refractivity contribution in [3.05, 3.63) is 44.0 Å². The topological polar surface area (TPSA) is 161 Å². The summed E-state index contributed by atoms with van der Waals surface area (Å²) in [6, 6.07) is 2.91. The van der Waals surface area contributed by atoms with Gasteiger partial charge in [0.05, 0.1) is 27.9 Å². The van der Waals surface area contributed by atoms with Crippen molar-refractivity contribution in [1.82, 2.24) is 5.32 Å². The van der Waals surface area contributed by atoms with Gasteiger partial charge in [-0.1, -0.05) is 0 Å². The molecule has 2 saturated heterocycles. The van der Waals surface area contributed by atoms with Crippen LogP contribution in [0.4, 0.5) is 11.4 Å². The number of carbonyl (C=O) groups excluding carboxylic acids is 2. The molecule has 0 unspecified atom stereocenters. The molecule has 2 fully saturated rings. The summed E-state index contributed by atoms with van der Waals surface area (Å²) in [6.45, 7) is 4.91. The van der Waals surface area contributed by atoms with Gasteiger partial charge in [-0.25, -0.2) is 4.79 Å². The van der Waals surface area contributed by atoms with Gasteiger partial charge >= 0.3 is 11.9 Å². The quantitative estimate of drug-likeness (QED) is 0.358. The fraction of sp³-hybridized carbons (Fsp3) is 0.467. The predicted molar refractivity (Wildman–Crippen MR) is 83.8 cm³/mol. The summed E-state index contributed by atoms with van der Waals surface area (Å²) < 4.78 is 10.5. The summed E-state index contributed by atoms with van der Waals surface area (Å²) in [5, 5.41) is 25.0. The third kappa shape index (κ3) is 2.47. The second-order valence-electron chi connectivity index (χ2n) is 7.08. The molecular formula is C15H15N3O8. The number of carbonyl (C=O) groups is 2. The highest BCUT2D eigenvalue weighted by Crippen LogP contribution is 2.58. The largest absolute Gasteiger partial charge is 0.458 e. The first-order chi connectivity index (χ1) is 11.9. The van der Waals surface area contributed by atoms with E-state index in [-0.39, 0.29) is 12.0 Å². The van der Waals surface area contributed by atoms with Gasteiger partial charge in [-0.05, 0) is 26.8 Å². The van der Waals surface area contributed by atoms with Crippen molar-refractivity contribution in [2.45, 2.75) is 44.1 Å². The average molecular weight is 365 g/mol. The number of nitrogens with one attached hydrogen (secondary N) is 1. The Morgan fingerprint density at radius 3 is 2.46 bits per heavy atom. The normalized spacial score (nSPS) is 26.7. The molecule has 2 aliphatic rings. The fourth-order valence-corrected chi connectivity index (χ4v) is 3.04. The van der Waals surface area contributed by atoms with Crippen molar-refractivity contribution < 1.29 is 28.9 Å².